The highest BCUT2D eigenvalue weighted by Gasteiger charge is 2.19. The van der Waals surface area contributed by atoms with Gasteiger partial charge < -0.3 is 26.8 Å². The van der Waals surface area contributed by atoms with Gasteiger partial charge in [0.1, 0.15) is 6.04 Å². The Labute approximate surface area is 192 Å². The molecule has 0 unspecified atom stereocenters. The Morgan fingerprint density at radius 1 is 0.970 bits per heavy atom. The van der Waals surface area contributed by atoms with E-state index in [1.807, 2.05) is 0 Å². The number of benzene rings is 2. The molecule has 10 heteroatoms. The molecule has 2 rings (SSSR count). The van der Waals surface area contributed by atoms with Crippen molar-refractivity contribution in [3.63, 3.8) is 0 Å². The van der Waals surface area contributed by atoms with E-state index >= 15 is 0 Å². The second kappa shape index (κ2) is 14.3. The number of carbonyl (C=O) groups is 3. The minimum atomic E-state index is -1.04. The Morgan fingerprint density at radius 2 is 1.55 bits per heavy atom. The lowest BCUT2D eigenvalue weighted by Gasteiger charge is -2.14. The van der Waals surface area contributed by atoms with Crippen LogP contribution in [0.25, 0.3) is 0 Å². The van der Waals surface area contributed by atoms with Crippen molar-refractivity contribution in [2.24, 2.45) is 5.73 Å². The normalized spacial score (nSPS) is 10.6. The molecule has 0 aliphatic carbocycles. The highest BCUT2D eigenvalue weighted by molar-refractivity contribution is 5.97. The SMILES string of the molecule is C.NC[C@H](NC(=O)c1ccc(C#Cc2ccc(NC(=O)CNCCO)cc2)cc1)C(=O)NO. The van der Waals surface area contributed by atoms with Crippen LogP contribution in [0.15, 0.2) is 48.5 Å². The zero-order valence-electron chi connectivity index (χ0n) is 17.2. The first-order valence-corrected chi connectivity index (χ1v) is 9.75. The van der Waals surface area contributed by atoms with Gasteiger partial charge in [0.05, 0.1) is 13.2 Å². The van der Waals surface area contributed by atoms with Crippen molar-refractivity contribution in [2.75, 3.05) is 31.6 Å². The van der Waals surface area contributed by atoms with Crippen LogP contribution < -0.4 is 27.2 Å². The molecule has 0 spiro atoms. The molecule has 0 bridgehead atoms. The predicted molar refractivity (Wildman–Crippen MR) is 124 cm³/mol. The highest BCUT2D eigenvalue weighted by atomic mass is 16.5. The largest absolute Gasteiger partial charge is 0.395 e. The van der Waals surface area contributed by atoms with Gasteiger partial charge >= 0.3 is 0 Å². The minimum Gasteiger partial charge on any atom is -0.395 e. The minimum absolute atomic E-state index is 0. The smallest absolute Gasteiger partial charge is 0.267 e. The van der Waals surface area contributed by atoms with Gasteiger partial charge in [0.15, 0.2) is 0 Å². The second-order valence-corrected chi connectivity index (χ2v) is 6.59. The molecule has 0 heterocycles. The number of hydrogen-bond acceptors (Lipinski definition) is 7. The highest BCUT2D eigenvalue weighted by Crippen LogP contribution is 2.09. The fourth-order valence-electron chi connectivity index (χ4n) is 2.52. The summed E-state index contributed by atoms with van der Waals surface area (Å²) < 4.78 is 0. The Balaban J connectivity index is 0.00000544. The van der Waals surface area contributed by atoms with Gasteiger partial charge in [0.2, 0.25) is 5.91 Å². The summed E-state index contributed by atoms with van der Waals surface area (Å²) in [6.45, 7) is 0.264. The quantitative estimate of drug-likeness (QED) is 0.119. The summed E-state index contributed by atoms with van der Waals surface area (Å²) in [7, 11) is 0. The van der Waals surface area contributed by atoms with E-state index in [-0.39, 0.29) is 33.0 Å². The Hall–Kier alpha value is -3.75. The van der Waals surface area contributed by atoms with Crippen molar-refractivity contribution in [3.8, 4) is 11.8 Å². The number of aliphatic hydroxyl groups is 1. The number of nitrogens with one attached hydrogen (secondary N) is 4. The second-order valence-electron chi connectivity index (χ2n) is 6.59. The van der Waals surface area contributed by atoms with Crippen molar-refractivity contribution < 1.29 is 24.7 Å². The maximum atomic E-state index is 12.2. The van der Waals surface area contributed by atoms with Crippen LogP contribution in [-0.2, 0) is 9.59 Å². The lowest BCUT2D eigenvalue weighted by Crippen LogP contribution is -2.50. The Kier molecular flexibility index (Phi) is 11.9. The average Bonchev–Trinajstić information content (AvgIpc) is 2.82. The monoisotopic (exact) mass is 455 g/mol. The van der Waals surface area contributed by atoms with Crippen LogP contribution >= 0.6 is 0 Å². The average molecular weight is 456 g/mol. The zero-order valence-corrected chi connectivity index (χ0v) is 17.2. The van der Waals surface area contributed by atoms with Gasteiger partial charge in [-0.3, -0.25) is 19.6 Å². The van der Waals surface area contributed by atoms with Gasteiger partial charge in [-0.2, -0.15) is 0 Å². The van der Waals surface area contributed by atoms with Gasteiger partial charge in [-0.1, -0.05) is 19.3 Å². The van der Waals surface area contributed by atoms with Crippen molar-refractivity contribution >= 4 is 23.4 Å². The van der Waals surface area contributed by atoms with E-state index in [1.54, 1.807) is 48.5 Å². The molecule has 3 amide bonds. The first kappa shape index (κ1) is 27.3. The lowest BCUT2D eigenvalue weighted by molar-refractivity contribution is -0.130. The summed E-state index contributed by atoms with van der Waals surface area (Å²) >= 11 is 0. The van der Waals surface area contributed by atoms with Gasteiger partial charge in [-0.15, -0.1) is 0 Å². The van der Waals surface area contributed by atoms with Crippen LogP contribution in [0.2, 0.25) is 0 Å². The molecule has 1 atom stereocenters. The number of carbonyl (C=O) groups excluding carboxylic acids is 3. The molecule has 0 saturated heterocycles. The van der Waals surface area contributed by atoms with Gasteiger partial charge in [0, 0.05) is 35.5 Å². The Bertz CT molecular complexity index is 981. The van der Waals surface area contributed by atoms with Crippen LogP contribution in [0.3, 0.4) is 0 Å². The number of rotatable bonds is 9. The maximum Gasteiger partial charge on any atom is 0.267 e. The summed E-state index contributed by atoms with van der Waals surface area (Å²) in [4.78, 5) is 35.3. The van der Waals surface area contributed by atoms with Crippen LogP contribution in [0, 0.1) is 11.8 Å². The van der Waals surface area contributed by atoms with Crippen molar-refractivity contribution in [1.82, 2.24) is 16.1 Å². The third-order valence-electron chi connectivity index (χ3n) is 4.21. The summed E-state index contributed by atoms with van der Waals surface area (Å²) in [5.41, 5.74) is 9.23. The van der Waals surface area contributed by atoms with E-state index in [4.69, 9.17) is 16.0 Å². The molecule has 2 aromatic carbocycles. The fraction of sp³-hybridized carbons (Fsp3) is 0.261. The van der Waals surface area contributed by atoms with Crippen LogP contribution in [0.5, 0.6) is 0 Å². The van der Waals surface area contributed by atoms with Crippen LogP contribution in [0.4, 0.5) is 5.69 Å². The summed E-state index contributed by atoms with van der Waals surface area (Å²) in [6.07, 6.45) is 0. The van der Waals surface area contributed by atoms with Crippen molar-refractivity contribution in [3.05, 3.63) is 65.2 Å². The lowest BCUT2D eigenvalue weighted by atomic mass is 10.1. The van der Waals surface area contributed by atoms with Gasteiger partial charge in [-0.05, 0) is 48.5 Å². The molecule has 33 heavy (non-hydrogen) atoms. The number of hydroxylamine groups is 1. The topological polar surface area (TPSA) is 166 Å². The predicted octanol–water partition coefficient (Wildman–Crippen LogP) is -0.195. The van der Waals surface area contributed by atoms with E-state index in [1.165, 1.54) is 5.48 Å². The third kappa shape index (κ3) is 9.10. The van der Waals surface area contributed by atoms with Crippen LogP contribution in [0.1, 0.15) is 28.9 Å². The summed E-state index contributed by atoms with van der Waals surface area (Å²) in [6, 6.07) is 12.4. The number of nitrogens with two attached hydrogens (primary N) is 1. The molecule has 8 N–H and O–H groups in total. The molecule has 2 aromatic rings. The number of aliphatic hydroxyl groups excluding tert-OH is 1. The maximum absolute atomic E-state index is 12.2. The molecule has 10 nitrogen and oxygen atoms in total. The molecular formula is C23H29N5O5. The molecule has 0 aliphatic heterocycles. The van der Waals surface area contributed by atoms with E-state index in [2.05, 4.69) is 27.8 Å². The van der Waals surface area contributed by atoms with Gasteiger partial charge in [0.25, 0.3) is 11.8 Å². The zero-order chi connectivity index (χ0) is 23.3. The van der Waals surface area contributed by atoms with Crippen molar-refractivity contribution in [2.45, 2.75) is 13.5 Å². The molecule has 0 aromatic heterocycles. The molecule has 0 fully saturated rings. The van der Waals surface area contributed by atoms with Crippen molar-refractivity contribution in [1.29, 1.82) is 0 Å². The standard InChI is InChI=1S/C22H25N5O5.CH4/c23-13-19(22(31)27-32)26-21(30)17-7-3-15(4-8-17)1-2-16-5-9-18(10-6-16)25-20(29)14-24-11-12-28;/h3-10,19,24,28,32H,11-14,23H2,(H,25,29)(H,26,30)(H,27,31);1H4/t19-;/m0./s1. The first-order chi connectivity index (χ1) is 15.5. The van der Waals surface area contributed by atoms with E-state index in [0.29, 0.717) is 23.4 Å². The number of hydrogen-bond donors (Lipinski definition) is 7. The molecular weight excluding hydrogens is 426 g/mol. The van der Waals surface area contributed by atoms with E-state index in [9.17, 15) is 14.4 Å². The summed E-state index contributed by atoms with van der Waals surface area (Å²) in [5, 5.41) is 25.3. The molecule has 0 radical (unpaired) electrons. The summed E-state index contributed by atoms with van der Waals surface area (Å²) in [5.74, 6) is 4.46. The number of amides is 3. The fourth-order valence-corrected chi connectivity index (χ4v) is 2.52. The third-order valence-corrected chi connectivity index (χ3v) is 4.21. The molecule has 0 aliphatic rings. The molecule has 0 saturated carbocycles. The molecule has 176 valence electrons. The van der Waals surface area contributed by atoms with Gasteiger partial charge in [-0.25, -0.2) is 5.48 Å². The number of anilines is 1. The van der Waals surface area contributed by atoms with Crippen LogP contribution in [-0.4, -0.2) is 60.3 Å². The van der Waals surface area contributed by atoms with E-state index in [0.717, 1.165) is 5.56 Å². The van der Waals surface area contributed by atoms with E-state index < -0.39 is 17.9 Å². The Morgan fingerprint density at radius 3 is 2.06 bits per heavy atom. The first-order valence-electron chi connectivity index (χ1n) is 9.75.